The van der Waals surface area contributed by atoms with Crippen LogP contribution in [0.5, 0.6) is 0 Å². The van der Waals surface area contributed by atoms with Gasteiger partial charge in [0.15, 0.2) is 0 Å². The van der Waals surface area contributed by atoms with Crippen LogP contribution in [0.15, 0.2) is 30.4 Å². The molecule has 0 aliphatic carbocycles. The lowest BCUT2D eigenvalue weighted by Crippen LogP contribution is -2.23. The summed E-state index contributed by atoms with van der Waals surface area (Å²) in [4.78, 5) is 6.83. The molecule has 3 heteroatoms. The van der Waals surface area contributed by atoms with E-state index < -0.39 is 0 Å². The molecule has 2 N–H and O–H groups in total. The first-order valence-corrected chi connectivity index (χ1v) is 5.76. The first-order chi connectivity index (χ1) is 7.76. The van der Waals surface area contributed by atoms with E-state index in [0.29, 0.717) is 6.54 Å². The molecule has 0 radical (unpaired) electrons. The van der Waals surface area contributed by atoms with Crippen LogP contribution in [0, 0.1) is 6.92 Å². The minimum atomic E-state index is 0.611. The van der Waals surface area contributed by atoms with Crippen molar-refractivity contribution < 1.29 is 0 Å². The van der Waals surface area contributed by atoms with Crippen LogP contribution < -0.4 is 5.73 Å². The van der Waals surface area contributed by atoms with Crippen molar-refractivity contribution in [2.24, 2.45) is 5.73 Å². The van der Waals surface area contributed by atoms with E-state index in [-0.39, 0.29) is 0 Å². The van der Waals surface area contributed by atoms with Gasteiger partial charge in [-0.1, -0.05) is 25.1 Å². The van der Waals surface area contributed by atoms with E-state index in [1.54, 1.807) is 0 Å². The summed E-state index contributed by atoms with van der Waals surface area (Å²) in [5.41, 5.74) is 7.61. The Balaban J connectivity index is 2.52. The van der Waals surface area contributed by atoms with Gasteiger partial charge in [-0.05, 0) is 25.6 Å². The summed E-state index contributed by atoms with van der Waals surface area (Å²) in [5, 5.41) is 0. The van der Waals surface area contributed by atoms with Gasteiger partial charge >= 0.3 is 0 Å². The number of likely N-dealkylation sites (N-methyl/N-ethyl adjacent to an activating group) is 1. The number of nitrogens with two attached hydrogens (primary N) is 1. The van der Waals surface area contributed by atoms with Gasteiger partial charge in [-0.3, -0.25) is 9.88 Å². The summed E-state index contributed by atoms with van der Waals surface area (Å²) in [6, 6.07) is 6.15. The second-order valence-electron chi connectivity index (χ2n) is 3.81. The molecule has 88 valence electrons. The van der Waals surface area contributed by atoms with E-state index in [9.17, 15) is 0 Å². The highest BCUT2D eigenvalue weighted by Crippen LogP contribution is 2.03. The number of aryl methyl sites for hydroxylation is 1. The van der Waals surface area contributed by atoms with Crippen LogP contribution in [-0.4, -0.2) is 29.5 Å². The Morgan fingerprint density at radius 1 is 1.38 bits per heavy atom. The second-order valence-corrected chi connectivity index (χ2v) is 3.81. The van der Waals surface area contributed by atoms with Crippen LogP contribution in [0.4, 0.5) is 0 Å². The quantitative estimate of drug-likeness (QED) is 0.741. The Morgan fingerprint density at radius 3 is 2.81 bits per heavy atom. The van der Waals surface area contributed by atoms with Gasteiger partial charge in [0.1, 0.15) is 0 Å². The molecule has 0 saturated heterocycles. The van der Waals surface area contributed by atoms with Gasteiger partial charge in [-0.2, -0.15) is 0 Å². The summed E-state index contributed by atoms with van der Waals surface area (Å²) >= 11 is 0. The molecule has 16 heavy (non-hydrogen) atoms. The smallest absolute Gasteiger partial charge is 0.0547 e. The van der Waals surface area contributed by atoms with Gasteiger partial charge in [0, 0.05) is 25.3 Å². The number of nitrogens with zero attached hydrogens (tertiary/aromatic N) is 2. The van der Waals surface area contributed by atoms with Crippen molar-refractivity contribution in [1.82, 2.24) is 9.88 Å². The molecule has 1 heterocycles. The normalized spacial score (nSPS) is 11.5. The minimum absolute atomic E-state index is 0.611. The molecule has 0 atom stereocenters. The topological polar surface area (TPSA) is 42.1 Å². The summed E-state index contributed by atoms with van der Waals surface area (Å²) < 4.78 is 0. The molecule has 1 aromatic heterocycles. The predicted octanol–water partition coefficient (Wildman–Crippen LogP) is 1.73. The van der Waals surface area contributed by atoms with Crippen molar-refractivity contribution in [1.29, 1.82) is 0 Å². The molecule has 0 aromatic carbocycles. The molecule has 0 amide bonds. The Labute approximate surface area is 98.0 Å². The van der Waals surface area contributed by atoms with Gasteiger partial charge in [0.25, 0.3) is 0 Å². The molecule has 0 aliphatic rings. The van der Waals surface area contributed by atoms with Crippen molar-refractivity contribution in [3.63, 3.8) is 0 Å². The maximum Gasteiger partial charge on any atom is 0.0547 e. The van der Waals surface area contributed by atoms with E-state index in [0.717, 1.165) is 31.0 Å². The van der Waals surface area contributed by atoms with Crippen molar-refractivity contribution in [3.8, 4) is 0 Å². The standard InChI is InChI=1S/C13H21N3/c1-3-16(10-5-4-9-14)11-13-8-6-7-12(2)15-13/h4-8H,3,9-11,14H2,1-2H3. The minimum Gasteiger partial charge on any atom is -0.327 e. The average molecular weight is 219 g/mol. The third-order valence-corrected chi connectivity index (χ3v) is 2.45. The SMILES string of the molecule is CCN(CC=CCN)Cc1cccc(C)n1. The van der Waals surface area contributed by atoms with E-state index in [1.807, 2.05) is 19.1 Å². The van der Waals surface area contributed by atoms with Crippen LogP contribution in [-0.2, 0) is 6.54 Å². The summed E-state index contributed by atoms with van der Waals surface area (Å²) in [7, 11) is 0. The first-order valence-electron chi connectivity index (χ1n) is 5.76. The van der Waals surface area contributed by atoms with Crippen molar-refractivity contribution in [2.75, 3.05) is 19.6 Å². The number of hydrogen-bond acceptors (Lipinski definition) is 3. The van der Waals surface area contributed by atoms with Gasteiger partial charge in [-0.25, -0.2) is 0 Å². The Hall–Kier alpha value is -1.19. The van der Waals surface area contributed by atoms with Crippen molar-refractivity contribution >= 4 is 0 Å². The number of hydrogen-bond donors (Lipinski definition) is 1. The number of pyridine rings is 1. The lowest BCUT2D eigenvalue weighted by atomic mass is 10.3. The van der Waals surface area contributed by atoms with E-state index in [4.69, 9.17) is 5.73 Å². The average Bonchev–Trinajstić information content (AvgIpc) is 2.28. The largest absolute Gasteiger partial charge is 0.327 e. The zero-order chi connectivity index (χ0) is 11.8. The number of aromatic nitrogens is 1. The van der Waals surface area contributed by atoms with E-state index in [2.05, 4.69) is 35.0 Å². The molecule has 1 aromatic rings. The molecule has 3 nitrogen and oxygen atoms in total. The van der Waals surface area contributed by atoms with E-state index >= 15 is 0 Å². The summed E-state index contributed by atoms with van der Waals surface area (Å²) in [5.74, 6) is 0. The van der Waals surface area contributed by atoms with Crippen molar-refractivity contribution in [3.05, 3.63) is 41.7 Å². The van der Waals surface area contributed by atoms with Gasteiger partial charge in [-0.15, -0.1) is 0 Å². The van der Waals surface area contributed by atoms with Gasteiger partial charge < -0.3 is 5.73 Å². The van der Waals surface area contributed by atoms with Gasteiger partial charge in [0.05, 0.1) is 5.69 Å². The zero-order valence-corrected chi connectivity index (χ0v) is 10.2. The molecule has 0 fully saturated rings. The number of rotatable bonds is 6. The Kier molecular flexibility index (Phi) is 5.75. The second kappa shape index (κ2) is 7.14. The monoisotopic (exact) mass is 219 g/mol. The van der Waals surface area contributed by atoms with Crippen LogP contribution >= 0.6 is 0 Å². The Morgan fingerprint density at radius 2 is 2.19 bits per heavy atom. The van der Waals surface area contributed by atoms with Crippen LogP contribution in [0.25, 0.3) is 0 Å². The van der Waals surface area contributed by atoms with Crippen LogP contribution in [0.3, 0.4) is 0 Å². The van der Waals surface area contributed by atoms with E-state index in [1.165, 1.54) is 0 Å². The summed E-state index contributed by atoms with van der Waals surface area (Å²) in [6.07, 6.45) is 4.10. The molecule has 0 unspecified atom stereocenters. The van der Waals surface area contributed by atoms with Crippen LogP contribution in [0.2, 0.25) is 0 Å². The zero-order valence-electron chi connectivity index (χ0n) is 10.2. The molecule has 1 rings (SSSR count). The summed E-state index contributed by atoms with van der Waals surface area (Å²) in [6.45, 7) is 7.64. The molecule has 0 spiro atoms. The third kappa shape index (κ3) is 4.55. The Bertz CT molecular complexity index is 334. The maximum absolute atomic E-state index is 5.41. The fourth-order valence-electron chi connectivity index (χ4n) is 1.54. The van der Waals surface area contributed by atoms with Crippen molar-refractivity contribution in [2.45, 2.75) is 20.4 Å². The fraction of sp³-hybridized carbons (Fsp3) is 0.462. The molecule has 0 saturated carbocycles. The lowest BCUT2D eigenvalue weighted by Gasteiger charge is -2.17. The molecular weight excluding hydrogens is 198 g/mol. The first kappa shape index (κ1) is 12.9. The maximum atomic E-state index is 5.41. The van der Waals surface area contributed by atoms with Gasteiger partial charge in [0.2, 0.25) is 0 Å². The molecule has 0 bridgehead atoms. The predicted molar refractivity (Wildman–Crippen MR) is 68.1 cm³/mol. The third-order valence-electron chi connectivity index (χ3n) is 2.45. The lowest BCUT2D eigenvalue weighted by molar-refractivity contribution is 0.307. The highest BCUT2D eigenvalue weighted by molar-refractivity contribution is 5.09. The highest BCUT2D eigenvalue weighted by Gasteiger charge is 2.02. The molecule has 0 aliphatic heterocycles. The molecular formula is C13H21N3. The fourth-order valence-corrected chi connectivity index (χ4v) is 1.54. The van der Waals surface area contributed by atoms with Crippen LogP contribution in [0.1, 0.15) is 18.3 Å². The highest BCUT2D eigenvalue weighted by atomic mass is 15.1.